The largest absolute Gasteiger partial charge is 3.00 e. The zero-order valence-corrected chi connectivity index (χ0v) is 19.7. The van der Waals surface area contributed by atoms with Gasteiger partial charge in [0, 0.05) is 6.61 Å². The van der Waals surface area contributed by atoms with E-state index in [1.54, 1.807) is 0 Å². The van der Waals surface area contributed by atoms with Gasteiger partial charge in [0.25, 0.3) is 0 Å². The van der Waals surface area contributed by atoms with Crippen LogP contribution in [0.2, 0.25) is 0 Å². The number of hydrogen-bond acceptors (Lipinski definition) is 1. The Morgan fingerprint density at radius 1 is 1.16 bits per heavy atom. The van der Waals surface area contributed by atoms with Gasteiger partial charge in [-0.3, -0.25) is 6.08 Å². The second-order valence-electron chi connectivity index (χ2n) is 8.04. The molecular weight excluding hydrogens is 387 g/mol. The summed E-state index contributed by atoms with van der Waals surface area (Å²) >= 11 is 0. The van der Waals surface area contributed by atoms with Gasteiger partial charge in [-0.1, -0.05) is 52.3 Å². The number of rotatable bonds is 4. The van der Waals surface area contributed by atoms with E-state index in [0.717, 1.165) is 19.4 Å². The van der Waals surface area contributed by atoms with Gasteiger partial charge in [0.05, 0.1) is 5.60 Å². The molecule has 0 aromatic rings. The molecule has 1 radical (unpaired) electrons. The number of hydrogen-bond donors (Lipinski definition) is 0. The van der Waals surface area contributed by atoms with Gasteiger partial charge in [0.15, 0.2) is 0 Å². The first-order valence-corrected chi connectivity index (χ1v) is 8.46. The summed E-state index contributed by atoms with van der Waals surface area (Å²) in [6.45, 7) is 16.5. The molecule has 139 valence electrons. The first-order chi connectivity index (χ1) is 10.1. The number of halogens is 2. The molecule has 0 saturated heterocycles. The van der Waals surface area contributed by atoms with Gasteiger partial charge in [-0.05, 0) is 36.7 Å². The van der Waals surface area contributed by atoms with E-state index in [1.807, 2.05) is 0 Å². The average Bonchev–Trinajstić information content (AvgIpc) is 2.94. The first-order valence-electron chi connectivity index (χ1n) is 8.46. The van der Waals surface area contributed by atoms with Crippen LogP contribution in [-0.4, -0.2) is 12.2 Å². The molecule has 0 aliphatic heterocycles. The predicted molar refractivity (Wildman–Crippen MR) is 94.6 cm³/mol. The number of ether oxygens (including phenoxy) is 1. The summed E-state index contributed by atoms with van der Waals surface area (Å²) in [5.41, 5.74) is 3.70. The van der Waals surface area contributed by atoms with Crippen LogP contribution < -0.4 is 24.8 Å². The Hall–Kier alpha value is 0.214. The molecule has 1 unspecified atom stereocenters. The molecule has 1 nitrogen and oxygen atoms in total. The molecule has 2 aliphatic rings. The van der Waals surface area contributed by atoms with Gasteiger partial charge < -0.3 is 29.6 Å². The number of allylic oxidation sites excluding steroid dienone is 5. The van der Waals surface area contributed by atoms with Gasteiger partial charge in [-0.15, -0.1) is 6.42 Å². The van der Waals surface area contributed by atoms with E-state index in [1.165, 1.54) is 16.7 Å². The predicted octanol–water partition coefficient (Wildman–Crippen LogP) is -0.195. The Labute approximate surface area is 182 Å². The molecule has 2 rings (SSSR count). The van der Waals surface area contributed by atoms with Gasteiger partial charge in [-0.25, -0.2) is 11.6 Å². The average molecular weight is 418 g/mol. The van der Waals surface area contributed by atoms with E-state index in [0.29, 0.717) is 0 Å². The zero-order valence-electron chi connectivity index (χ0n) is 16.6. The maximum absolute atomic E-state index is 6.53. The van der Waals surface area contributed by atoms with Crippen molar-refractivity contribution in [3.8, 4) is 0 Å². The Kier molecular flexibility index (Phi) is 10.9. The van der Waals surface area contributed by atoms with Crippen LogP contribution in [0.15, 0.2) is 41.0 Å². The molecule has 0 heterocycles. The smallest absolute Gasteiger partial charge is 1.00 e. The molecule has 2 aliphatic carbocycles. The molecule has 0 aromatic carbocycles. The second-order valence-corrected chi connectivity index (χ2v) is 8.04. The zero-order chi connectivity index (χ0) is 16.6. The normalized spacial score (nSPS) is 22.8. The molecule has 0 N–H and O–H groups in total. The van der Waals surface area contributed by atoms with Crippen molar-refractivity contribution in [1.29, 1.82) is 0 Å². The Morgan fingerprint density at radius 3 is 2.20 bits per heavy atom. The van der Waals surface area contributed by atoms with Crippen LogP contribution in [0, 0.1) is 16.9 Å². The van der Waals surface area contributed by atoms with Crippen LogP contribution in [0.5, 0.6) is 0 Å². The summed E-state index contributed by atoms with van der Waals surface area (Å²) in [5, 5.41) is 0. The molecule has 0 fully saturated rings. The van der Waals surface area contributed by atoms with Crippen molar-refractivity contribution < 1.29 is 51.3 Å². The minimum absolute atomic E-state index is 0. The molecule has 1 atom stereocenters. The molecule has 0 aromatic heterocycles. The summed E-state index contributed by atoms with van der Waals surface area (Å²) in [6, 6.07) is 0. The fourth-order valence-corrected chi connectivity index (χ4v) is 3.85. The standard InChI is InChI=1S/C21H31O.2ClH.Ti/c1-8-22-21(20(6,7)17-11-9-10-12-17)14-13-16(2)15-18(21)19(3,4)5;;;/h9,11,13,15H,8,10,14H2,1-7H3;2*1H;/q-1;;;+3/p-2. The Bertz CT molecular complexity index is 565. The van der Waals surface area contributed by atoms with Crippen LogP contribution in [0.25, 0.3) is 0 Å². The Morgan fingerprint density at radius 2 is 1.76 bits per heavy atom. The molecule has 0 amide bonds. The molecule has 0 spiro atoms. The monoisotopic (exact) mass is 417 g/mol. The van der Waals surface area contributed by atoms with Crippen LogP contribution >= 0.6 is 0 Å². The van der Waals surface area contributed by atoms with Crippen LogP contribution in [0.1, 0.15) is 61.3 Å². The minimum Gasteiger partial charge on any atom is -1.00 e. The van der Waals surface area contributed by atoms with Gasteiger partial charge in [-0.2, -0.15) is 6.08 Å². The molecule has 0 saturated carbocycles. The van der Waals surface area contributed by atoms with Crippen LogP contribution in [0.4, 0.5) is 0 Å². The third-order valence-corrected chi connectivity index (χ3v) is 5.10. The van der Waals surface area contributed by atoms with Crippen molar-refractivity contribution in [3.05, 3.63) is 47.1 Å². The second kappa shape index (κ2) is 9.95. The molecule has 25 heavy (non-hydrogen) atoms. The first kappa shape index (κ1) is 27.4. The van der Waals surface area contributed by atoms with Gasteiger partial charge >= 0.3 is 21.7 Å². The molecular formula is C21H31Cl2OTi. The van der Waals surface area contributed by atoms with Crippen molar-refractivity contribution in [1.82, 2.24) is 0 Å². The van der Waals surface area contributed by atoms with Crippen molar-refractivity contribution in [3.63, 3.8) is 0 Å². The van der Waals surface area contributed by atoms with E-state index in [-0.39, 0.29) is 63.0 Å². The Balaban J connectivity index is 0. The molecule has 0 bridgehead atoms. The fraction of sp³-hybridized carbons (Fsp3) is 0.619. The third kappa shape index (κ3) is 5.14. The SMILES string of the molecule is CCOC1(C(C)(C)C2=[C-]CC=C2)CC=C(C)C=C1C(C)(C)C.[Cl-].[Cl-].[Ti+3]. The fourth-order valence-electron chi connectivity index (χ4n) is 3.85. The maximum Gasteiger partial charge on any atom is 3.00 e. The van der Waals surface area contributed by atoms with Gasteiger partial charge in [0.2, 0.25) is 0 Å². The van der Waals surface area contributed by atoms with E-state index in [2.05, 4.69) is 78.8 Å². The van der Waals surface area contributed by atoms with Crippen molar-refractivity contribution in [2.75, 3.05) is 6.61 Å². The summed E-state index contributed by atoms with van der Waals surface area (Å²) in [5.74, 6) is 0. The summed E-state index contributed by atoms with van der Waals surface area (Å²) < 4.78 is 6.53. The van der Waals surface area contributed by atoms with Crippen molar-refractivity contribution >= 4 is 0 Å². The van der Waals surface area contributed by atoms with E-state index >= 15 is 0 Å². The topological polar surface area (TPSA) is 9.23 Å². The summed E-state index contributed by atoms with van der Waals surface area (Å²) in [7, 11) is 0. The van der Waals surface area contributed by atoms with Gasteiger partial charge in [0.1, 0.15) is 0 Å². The maximum atomic E-state index is 6.53. The van der Waals surface area contributed by atoms with E-state index in [9.17, 15) is 0 Å². The summed E-state index contributed by atoms with van der Waals surface area (Å²) in [4.78, 5) is 0. The molecule has 4 heteroatoms. The minimum atomic E-state index is -0.295. The van der Waals surface area contributed by atoms with Crippen LogP contribution in [-0.2, 0) is 26.5 Å². The quantitative estimate of drug-likeness (QED) is 0.455. The van der Waals surface area contributed by atoms with E-state index in [4.69, 9.17) is 4.74 Å². The van der Waals surface area contributed by atoms with Crippen molar-refractivity contribution in [2.45, 2.75) is 66.9 Å². The van der Waals surface area contributed by atoms with Crippen molar-refractivity contribution in [2.24, 2.45) is 10.8 Å². The third-order valence-electron chi connectivity index (χ3n) is 5.10. The summed E-state index contributed by atoms with van der Waals surface area (Å²) in [6.07, 6.45) is 14.5. The van der Waals surface area contributed by atoms with Crippen LogP contribution in [0.3, 0.4) is 0 Å². The van der Waals surface area contributed by atoms with E-state index < -0.39 is 0 Å².